The summed E-state index contributed by atoms with van der Waals surface area (Å²) in [7, 11) is 0. The molecule has 170 valence electrons. The number of nitrogens with one attached hydrogen (secondary N) is 2. The number of ether oxygens (including phenoxy) is 1. The van der Waals surface area contributed by atoms with Crippen molar-refractivity contribution in [1.29, 1.82) is 0 Å². The molecule has 1 amide bonds. The summed E-state index contributed by atoms with van der Waals surface area (Å²) in [4.78, 5) is 32.3. The number of thioether (sulfide) groups is 1. The fourth-order valence-electron chi connectivity index (χ4n) is 3.12. The fourth-order valence-corrected chi connectivity index (χ4v) is 5.08. The second kappa shape index (κ2) is 10.8. The number of hydrogen-bond acceptors (Lipinski definition) is 9. The van der Waals surface area contributed by atoms with Crippen LogP contribution in [0.3, 0.4) is 0 Å². The third-order valence-electron chi connectivity index (χ3n) is 4.63. The molecule has 0 bridgehead atoms. The van der Waals surface area contributed by atoms with Crippen LogP contribution in [0.25, 0.3) is 11.5 Å². The van der Waals surface area contributed by atoms with Crippen LogP contribution in [0.15, 0.2) is 37.2 Å². The number of nitrogens with zero attached hydrogens (tertiary/aromatic N) is 3. The smallest absolute Gasteiger partial charge is 0.374 e. The highest BCUT2D eigenvalue weighted by Gasteiger charge is 2.21. The van der Waals surface area contributed by atoms with Crippen molar-refractivity contribution in [2.75, 3.05) is 32.0 Å². The lowest BCUT2D eigenvalue weighted by Gasteiger charge is -2.33. The standard InChI is InChI=1S/C19H19Cl2N5O4S2/c20-13-2-1-11(5-14(13)21)7-26-3-4-29-12(8-26)6-22-16(27)10-32-19-23-15(9-31-19)17-24-18(28)30-25-17/h1-2,5,9,12H,3-4,6-8,10H2,(H,22,27)(H,24,25,28)/t12-/m0/s1. The minimum atomic E-state index is -0.637. The van der Waals surface area contributed by atoms with Gasteiger partial charge in [0, 0.05) is 31.6 Å². The Labute approximate surface area is 201 Å². The van der Waals surface area contributed by atoms with Crippen LogP contribution in [-0.2, 0) is 16.1 Å². The van der Waals surface area contributed by atoms with E-state index in [1.165, 1.54) is 23.1 Å². The number of benzene rings is 1. The van der Waals surface area contributed by atoms with Crippen molar-refractivity contribution < 1.29 is 14.1 Å². The molecule has 0 radical (unpaired) electrons. The molecule has 1 saturated heterocycles. The van der Waals surface area contributed by atoms with Crippen molar-refractivity contribution in [1.82, 2.24) is 25.3 Å². The SMILES string of the molecule is O=C(CSc1nc(-c2noc(=O)[nH]2)cs1)NC[C@H]1CN(Cc2ccc(Cl)c(Cl)c2)CCO1. The van der Waals surface area contributed by atoms with Gasteiger partial charge >= 0.3 is 5.76 Å². The Morgan fingerprint density at radius 1 is 1.38 bits per heavy atom. The van der Waals surface area contributed by atoms with Crippen LogP contribution in [0.2, 0.25) is 10.0 Å². The number of hydrogen-bond donors (Lipinski definition) is 2. The van der Waals surface area contributed by atoms with E-state index in [9.17, 15) is 9.59 Å². The van der Waals surface area contributed by atoms with E-state index in [0.29, 0.717) is 39.8 Å². The molecule has 13 heteroatoms. The van der Waals surface area contributed by atoms with Crippen molar-refractivity contribution in [2.45, 2.75) is 17.0 Å². The van der Waals surface area contributed by atoms with E-state index in [1.54, 1.807) is 11.4 Å². The number of morpholine rings is 1. The molecular weight excluding hydrogens is 497 g/mol. The molecule has 0 spiro atoms. The van der Waals surface area contributed by atoms with E-state index < -0.39 is 5.76 Å². The van der Waals surface area contributed by atoms with E-state index in [1.807, 2.05) is 12.1 Å². The lowest BCUT2D eigenvalue weighted by atomic mass is 10.2. The van der Waals surface area contributed by atoms with Gasteiger partial charge in [0.2, 0.25) is 11.7 Å². The third kappa shape index (κ3) is 6.33. The first-order chi connectivity index (χ1) is 15.5. The van der Waals surface area contributed by atoms with Crippen LogP contribution in [0.1, 0.15) is 5.56 Å². The van der Waals surface area contributed by atoms with Gasteiger partial charge in [-0.15, -0.1) is 11.3 Å². The summed E-state index contributed by atoms with van der Waals surface area (Å²) >= 11 is 14.8. The average molecular weight is 516 g/mol. The summed E-state index contributed by atoms with van der Waals surface area (Å²) in [5, 5.41) is 9.34. The number of halogens is 2. The number of aromatic amines is 1. The second-order valence-electron chi connectivity index (χ2n) is 7.01. The topological polar surface area (TPSA) is 113 Å². The largest absolute Gasteiger partial charge is 0.439 e. The number of carbonyl (C=O) groups excluding carboxylic acids is 1. The minimum absolute atomic E-state index is 0.0871. The van der Waals surface area contributed by atoms with Gasteiger partial charge in [-0.3, -0.25) is 19.2 Å². The van der Waals surface area contributed by atoms with Gasteiger partial charge in [0.25, 0.3) is 0 Å². The van der Waals surface area contributed by atoms with Crippen molar-refractivity contribution in [3.63, 3.8) is 0 Å². The van der Waals surface area contributed by atoms with E-state index >= 15 is 0 Å². The zero-order valence-corrected chi connectivity index (χ0v) is 19.8. The maximum atomic E-state index is 12.3. The molecule has 3 heterocycles. The Morgan fingerprint density at radius 2 is 2.25 bits per heavy atom. The van der Waals surface area contributed by atoms with Crippen molar-refractivity contribution >= 4 is 52.2 Å². The minimum Gasteiger partial charge on any atom is -0.374 e. The lowest BCUT2D eigenvalue weighted by Crippen LogP contribution is -2.47. The molecule has 0 unspecified atom stereocenters. The van der Waals surface area contributed by atoms with Gasteiger partial charge in [-0.1, -0.05) is 46.2 Å². The molecule has 2 N–H and O–H groups in total. The summed E-state index contributed by atoms with van der Waals surface area (Å²) in [6, 6.07) is 5.63. The summed E-state index contributed by atoms with van der Waals surface area (Å²) in [6.45, 7) is 3.29. The zero-order chi connectivity index (χ0) is 22.5. The number of aromatic nitrogens is 3. The number of carbonyl (C=O) groups is 1. The van der Waals surface area contributed by atoms with E-state index in [0.717, 1.165) is 18.7 Å². The Hall–Kier alpha value is -1.89. The molecule has 3 aromatic rings. The highest BCUT2D eigenvalue weighted by molar-refractivity contribution is 8.01. The highest BCUT2D eigenvalue weighted by atomic mass is 35.5. The average Bonchev–Trinajstić information content (AvgIpc) is 3.42. The summed E-state index contributed by atoms with van der Waals surface area (Å²) in [5.74, 6) is -0.251. The van der Waals surface area contributed by atoms with E-state index in [4.69, 9.17) is 27.9 Å². The second-order valence-corrected chi connectivity index (χ2v) is 9.91. The maximum Gasteiger partial charge on any atom is 0.439 e. The number of H-pyrrole nitrogens is 1. The molecule has 1 atom stereocenters. The van der Waals surface area contributed by atoms with Crippen LogP contribution in [0.5, 0.6) is 0 Å². The van der Waals surface area contributed by atoms with Crippen LogP contribution >= 0.6 is 46.3 Å². The van der Waals surface area contributed by atoms with Crippen molar-refractivity contribution in [3.8, 4) is 11.5 Å². The van der Waals surface area contributed by atoms with Gasteiger partial charge in [0.05, 0.1) is 28.5 Å². The number of rotatable bonds is 8. The molecule has 1 aromatic carbocycles. The molecule has 9 nitrogen and oxygen atoms in total. The normalized spacial score (nSPS) is 16.9. The van der Waals surface area contributed by atoms with Gasteiger partial charge in [0.15, 0.2) is 4.34 Å². The molecule has 1 aliphatic rings. The zero-order valence-electron chi connectivity index (χ0n) is 16.7. The van der Waals surface area contributed by atoms with Crippen LogP contribution in [0.4, 0.5) is 0 Å². The van der Waals surface area contributed by atoms with Crippen molar-refractivity contribution in [2.24, 2.45) is 0 Å². The summed E-state index contributed by atoms with van der Waals surface area (Å²) in [6.07, 6.45) is -0.0871. The molecule has 32 heavy (non-hydrogen) atoms. The fraction of sp³-hybridized carbons (Fsp3) is 0.368. The van der Waals surface area contributed by atoms with Gasteiger partial charge in [-0.2, -0.15) is 0 Å². The van der Waals surface area contributed by atoms with Crippen molar-refractivity contribution in [3.05, 3.63) is 49.7 Å². The molecule has 1 aliphatic heterocycles. The van der Waals surface area contributed by atoms with Gasteiger partial charge in [0.1, 0.15) is 5.69 Å². The van der Waals surface area contributed by atoms with Crippen LogP contribution in [-0.4, -0.2) is 64.0 Å². The highest BCUT2D eigenvalue weighted by Crippen LogP contribution is 2.26. The molecular formula is C19H19Cl2N5O4S2. The van der Waals surface area contributed by atoms with Crippen LogP contribution < -0.4 is 11.1 Å². The first kappa shape index (κ1) is 23.3. The molecule has 0 saturated carbocycles. The monoisotopic (exact) mass is 515 g/mol. The Kier molecular flexibility index (Phi) is 7.87. The third-order valence-corrected chi connectivity index (χ3v) is 7.39. The molecule has 0 aliphatic carbocycles. The Bertz CT molecular complexity index is 1130. The quantitative estimate of drug-likeness (QED) is 0.440. The van der Waals surface area contributed by atoms with E-state index in [2.05, 4.69) is 29.9 Å². The summed E-state index contributed by atoms with van der Waals surface area (Å²) in [5.41, 5.74) is 1.58. The van der Waals surface area contributed by atoms with Gasteiger partial charge < -0.3 is 10.1 Å². The Morgan fingerprint density at radius 3 is 3.03 bits per heavy atom. The number of amides is 1. The van der Waals surface area contributed by atoms with Crippen LogP contribution in [0, 0.1) is 0 Å². The first-order valence-corrected chi connectivity index (χ1v) is 12.3. The summed E-state index contributed by atoms with van der Waals surface area (Å²) < 4.78 is 11.0. The lowest BCUT2D eigenvalue weighted by molar-refractivity contribution is -0.119. The Balaban J connectivity index is 1.20. The first-order valence-electron chi connectivity index (χ1n) is 9.65. The maximum absolute atomic E-state index is 12.3. The predicted molar refractivity (Wildman–Crippen MR) is 123 cm³/mol. The molecule has 4 rings (SSSR count). The van der Waals surface area contributed by atoms with Gasteiger partial charge in [-0.25, -0.2) is 9.78 Å². The predicted octanol–water partition coefficient (Wildman–Crippen LogP) is 2.90. The van der Waals surface area contributed by atoms with E-state index in [-0.39, 0.29) is 23.6 Å². The molecule has 2 aromatic heterocycles. The number of thiazole rings is 1. The molecule has 1 fully saturated rings. The van der Waals surface area contributed by atoms with Gasteiger partial charge in [-0.05, 0) is 17.7 Å².